The number of nitroso groups, excluding NO2 is 1. The first-order valence-electron chi connectivity index (χ1n) is 2.86. The molecule has 0 aromatic carbocycles. The average Bonchev–Trinajstić information content (AvgIpc) is 2.34. The van der Waals surface area contributed by atoms with Gasteiger partial charge in [-0.1, -0.05) is 0 Å². The molecule has 1 aromatic rings. The summed E-state index contributed by atoms with van der Waals surface area (Å²) in [6.45, 7) is 2.89. The summed E-state index contributed by atoms with van der Waals surface area (Å²) in [6, 6.07) is 1.69. The van der Waals surface area contributed by atoms with Crippen LogP contribution in [0.15, 0.2) is 23.6 Å². The molecule has 9 heavy (non-hydrogen) atoms. The highest BCUT2D eigenvalue weighted by Gasteiger charge is 1.91. The Morgan fingerprint density at radius 3 is 2.89 bits per heavy atom. The van der Waals surface area contributed by atoms with Crippen molar-refractivity contribution in [2.45, 2.75) is 13.5 Å². The smallest absolute Gasteiger partial charge is 0.125 e. The van der Waals surface area contributed by atoms with Crippen molar-refractivity contribution in [3.8, 4) is 0 Å². The van der Waals surface area contributed by atoms with Gasteiger partial charge in [0, 0.05) is 18.9 Å². The first-order chi connectivity index (χ1) is 4.36. The highest BCUT2D eigenvalue weighted by Crippen LogP contribution is 2.09. The average molecular weight is 124 g/mol. The van der Waals surface area contributed by atoms with Crippen LogP contribution in [0.4, 0.5) is 5.69 Å². The number of aryl methyl sites for hydroxylation is 1. The molecule has 0 aliphatic heterocycles. The summed E-state index contributed by atoms with van der Waals surface area (Å²) in [5, 5.41) is 2.77. The van der Waals surface area contributed by atoms with Gasteiger partial charge < -0.3 is 4.57 Å². The second-order valence-corrected chi connectivity index (χ2v) is 1.79. The molecule has 0 aliphatic carbocycles. The summed E-state index contributed by atoms with van der Waals surface area (Å²) in [7, 11) is 0. The van der Waals surface area contributed by atoms with Crippen LogP contribution in [0.1, 0.15) is 6.92 Å². The van der Waals surface area contributed by atoms with Gasteiger partial charge in [-0.25, -0.2) is 0 Å². The second kappa shape index (κ2) is 2.44. The lowest BCUT2D eigenvalue weighted by Gasteiger charge is -1.90. The van der Waals surface area contributed by atoms with Crippen LogP contribution in [0.25, 0.3) is 0 Å². The Hall–Kier alpha value is -1.12. The van der Waals surface area contributed by atoms with Crippen LogP contribution in [0.3, 0.4) is 0 Å². The highest BCUT2D eigenvalue weighted by atomic mass is 16.3. The first kappa shape index (κ1) is 6.01. The van der Waals surface area contributed by atoms with Crippen molar-refractivity contribution in [2.24, 2.45) is 5.18 Å². The fraction of sp³-hybridized carbons (Fsp3) is 0.333. The van der Waals surface area contributed by atoms with Gasteiger partial charge in [0.05, 0.1) is 0 Å². The maximum Gasteiger partial charge on any atom is 0.125 e. The third-order valence-corrected chi connectivity index (χ3v) is 1.21. The van der Waals surface area contributed by atoms with Gasteiger partial charge in [0.1, 0.15) is 5.69 Å². The van der Waals surface area contributed by atoms with Gasteiger partial charge in [0.2, 0.25) is 0 Å². The van der Waals surface area contributed by atoms with Gasteiger partial charge in [-0.2, -0.15) is 0 Å². The van der Waals surface area contributed by atoms with Crippen LogP contribution in [0.2, 0.25) is 0 Å². The fourth-order valence-electron chi connectivity index (χ4n) is 0.679. The maximum atomic E-state index is 9.87. The SMILES string of the molecule is CCn1ccc(N=O)c1. The third kappa shape index (κ3) is 1.16. The van der Waals surface area contributed by atoms with Crippen molar-refractivity contribution in [3.05, 3.63) is 23.4 Å². The van der Waals surface area contributed by atoms with Crippen LogP contribution in [-0.2, 0) is 6.54 Å². The molecule has 48 valence electrons. The molecule has 0 aliphatic rings. The van der Waals surface area contributed by atoms with E-state index in [2.05, 4.69) is 5.18 Å². The van der Waals surface area contributed by atoms with Gasteiger partial charge in [0.15, 0.2) is 0 Å². The minimum atomic E-state index is 0.497. The Morgan fingerprint density at radius 1 is 1.78 bits per heavy atom. The summed E-state index contributed by atoms with van der Waals surface area (Å²) in [5.41, 5.74) is 0.497. The molecule has 1 rings (SSSR count). The Morgan fingerprint density at radius 2 is 2.56 bits per heavy atom. The van der Waals surface area contributed by atoms with E-state index in [1.807, 2.05) is 17.7 Å². The van der Waals surface area contributed by atoms with Crippen LogP contribution in [0, 0.1) is 4.91 Å². The van der Waals surface area contributed by atoms with Crippen molar-refractivity contribution >= 4 is 5.69 Å². The quantitative estimate of drug-likeness (QED) is 0.554. The van der Waals surface area contributed by atoms with Crippen molar-refractivity contribution in [1.29, 1.82) is 0 Å². The van der Waals surface area contributed by atoms with E-state index in [0.717, 1.165) is 6.54 Å². The van der Waals surface area contributed by atoms with E-state index in [-0.39, 0.29) is 0 Å². The van der Waals surface area contributed by atoms with E-state index in [1.54, 1.807) is 12.3 Å². The molecule has 0 unspecified atom stereocenters. The minimum Gasteiger partial charge on any atom is -0.352 e. The number of hydrogen-bond acceptors (Lipinski definition) is 2. The Bertz CT molecular complexity index is 205. The standard InChI is InChI=1S/C6H8N2O/c1-2-8-4-3-6(5-8)7-9/h3-5H,2H2,1H3. The number of rotatable bonds is 2. The van der Waals surface area contributed by atoms with Gasteiger partial charge in [-0.15, -0.1) is 4.91 Å². The summed E-state index contributed by atoms with van der Waals surface area (Å²) >= 11 is 0. The molecule has 0 N–H and O–H groups in total. The van der Waals surface area contributed by atoms with E-state index in [4.69, 9.17) is 0 Å². The largest absolute Gasteiger partial charge is 0.352 e. The molecule has 1 heterocycles. The van der Waals surface area contributed by atoms with Gasteiger partial charge in [-0.3, -0.25) is 0 Å². The van der Waals surface area contributed by atoms with Crippen molar-refractivity contribution in [2.75, 3.05) is 0 Å². The van der Waals surface area contributed by atoms with Crippen LogP contribution < -0.4 is 0 Å². The Kier molecular flexibility index (Phi) is 1.63. The zero-order valence-electron chi connectivity index (χ0n) is 5.24. The number of nitrogens with zero attached hydrogens (tertiary/aromatic N) is 2. The predicted octanol–water partition coefficient (Wildman–Crippen LogP) is 1.91. The van der Waals surface area contributed by atoms with E-state index >= 15 is 0 Å². The summed E-state index contributed by atoms with van der Waals surface area (Å²) in [5.74, 6) is 0. The van der Waals surface area contributed by atoms with Crippen molar-refractivity contribution in [1.82, 2.24) is 4.57 Å². The molecular formula is C6H8N2O. The molecule has 0 atom stereocenters. The lowest BCUT2D eigenvalue weighted by Crippen LogP contribution is -1.85. The highest BCUT2D eigenvalue weighted by molar-refractivity contribution is 5.33. The van der Waals surface area contributed by atoms with E-state index in [0.29, 0.717) is 5.69 Å². The zero-order chi connectivity index (χ0) is 6.69. The molecule has 3 nitrogen and oxygen atoms in total. The molecule has 0 saturated carbocycles. The van der Waals surface area contributed by atoms with Gasteiger partial charge >= 0.3 is 0 Å². The van der Waals surface area contributed by atoms with Gasteiger partial charge in [-0.05, 0) is 18.2 Å². The topological polar surface area (TPSA) is 34.4 Å². The molecule has 3 heteroatoms. The maximum absolute atomic E-state index is 9.87. The monoisotopic (exact) mass is 124 g/mol. The van der Waals surface area contributed by atoms with Crippen LogP contribution in [0.5, 0.6) is 0 Å². The third-order valence-electron chi connectivity index (χ3n) is 1.21. The number of aromatic nitrogens is 1. The molecule has 0 amide bonds. The fourth-order valence-corrected chi connectivity index (χ4v) is 0.679. The molecule has 0 fully saturated rings. The molecule has 0 bridgehead atoms. The first-order valence-corrected chi connectivity index (χ1v) is 2.86. The Balaban J connectivity index is 2.86. The summed E-state index contributed by atoms with van der Waals surface area (Å²) in [6.07, 6.45) is 3.55. The molecule has 0 saturated heterocycles. The molecule has 0 radical (unpaired) electrons. The van der Waals surface area contributed by atoms with Gasteiger partial charge in [0.25, 0.3) is 0 Å². The molecule has 1 aromatic heterocycles. The van der Waals surface area contributed by atoms with E-state index < -0.39 is 0 Å². The Labute approximate surface area is 53.3 Å². The minimum absolute atomic E-state index is 0.497. The molecular weight excluding hydrogens is 116 g/mol. The van der Waals surface area contributed by atoms with Crippen LogP contribution >= 0.6 is 0 Å². The summed E-state index contributed by atoms with van der Waals surface area (Å²) < 4.78 is 1.90. The zero-order valence-corrected chi connectivity index (χ0v) is 5.24. The van der Waals surface area contributed by atoms with E-state index in [9.17, 15) is 4.91 Å². The number of hydrogen-bond donors (Lipinski definition) is 0. The van der Waals surface area contributed by atoms with Crippen molar-refractivity contribution in [3.63, 3.8) is 0 Å². The lowest BCUT2D eigenvalue weighted by molar-refractivity contribution is 0.769. The van der Waals surface area contributed by atoms with E-state index in [1.165, 1.54) is 0 Å². The second-order valence-electron chi connectivity index (χ2n) is 1.79. The predicted molar refractivity (Wildman–Crippen MR) is 35.6 cm³/mol. The lowest BCUT2D eigenvalue weighted by atomic mass is 10.6. The summed E-state index contributed by atoms with van der Waals surface area (Å²) in [4.78, 5) is 9.87. The molecule has 0 spiro atoms. The van der Waals surface area contributed by atoms with Crippen LogP contribution in [-0.4, -0.2) is 4.57 Å². The van der Waals surface area contributed by atoms with Crippen molar-refractivity contribution < 1.29 is 0 Å². The normalized spacial score (nSPS) is 9.44.